The first-order valence-corrected chi connectivity index (χ1v) is 6.48. The van der Waals surface area contributed by atoms with Gasteiger partial charge < -0.3 is 5.32 Å². The molecular weight excluding hydrogens is 323 g/mol. The van der Waals surface area contributed by atoms with Crippen LogP contribution in [0.2, 0.25) is 10.0 Å². The van der Waals surface area contributed by atoms with Gasteiger partial charge in [0.25, 0.3) is 0 Å². The molecular formula is C12H9BrCl2N2. The largest absolute Gasteiger partial charge is 0.381 e. The van der Waals surface area contributed by atoms with E-state index in [2.05, 4.69) is 26.2 Å². The summed E-state index contributed by atoms with van der Waals surface area (Å²) in [5.74, 6) is 0. The van der Waals surface area contributed by atoms with Crippen molar-refractivity contribution in [2.24, 2.45) is 0 Å². The molecule has 0 radical (unpaired) electrons. The third kappa shape index (κ3) is 3.60. The Labute approximate surface area is 118 Å². The van der Waals surface area contributed by atoms with Gasteiger partial charge in [-0.3, -0.25) is 4.98 Å². The maximum Gasteiger partial charge on any atom is 0.0612 e. The molecule has 0 aliphatic carbocycles. The van der Waals surface area contributed by atoms with E-state index < -0.39 is 0 Å². The predicted molar refractivity (Wildman–Crippen MR) is 75.7 cm³/mol. The van der Waals surface area contributed by atoms with Gasteiger partial charge >= 0.3 is 0 Å². The summed E-state index contributed by atoms with van der Waals surface area (Å²) in [4.78, 5) is 4.09. The molecule has 5 heteroatoms. The van der Waals surface area contributed by atoms with Crippen LogP contribution in [0.1, 0.15) is 5.56 Å². The lowest BCUT2D eigenvalue weighted by atomic mass is 10.2. The fraction of sp³-hybridized carbons (Fsp3) is 0.0833. The third-order valence-corrected chi connectivity index (χ3v) is 3.35. The summed E-state index contributed by atoms with van der Waals surface area (Å²) in [6.07, 6.45) is 3.57. The van der Waals surface area contributed by atoms with Crippen molar-refractivity contribution in [2.75, 3.05) is 5.32 Å². The monoisotopic (exact) mass is 330 g/mol. The summed E-state index contributed by atoms with van der Waals surface area (Å²) in [6, 6.07) is 7.47. The number of halogens is 3. The Morgan fingerprint density at radius 2 is 1.94 bits per heavy atom. The van der Waals surface area contributed by atoms with Gasteiger partial charge in [0.05, 0.1) is 10.0 Å². The van der Waals surface area contributed by atoms with Crippen LogP contribution >= 0.6 is 39.1 Å². The SMILES string of the molecule is Clc1ccc(NCc2cncc(Br)c2)cc1Cl. The molecule has 0 fully saturated rings. The maximum absolute atomic E-state index is 5.93. The summed E-state index contributed by atoms with van der Waals surface area (Å²) in [7, 11) is 0. The van der Waals surface area contributed by atoms with E-state index in [1.807, 2.05) is 18.3 Å². The van der Waals surface area contributed by atoms with E-state index in [4.69, 9.17) is 23.2 Å². The van der Waals surface area contributed by atoms with Crippen molar-refractivity contribution in [1.82, 2.24) is 4.98 Å². The lowest BCUT2D eigenvalue weighted by molar-refractivity contribution is 1.11. The molecule has 1 N–H and O–H groups in total. The number of nitrogens with zero attached hydrogens (tertiary/aromatic N) is 1. The zero-order valence-electron chi connectivity index (χ0n) is 8.75. The molecule has 0 saturated heterocycles. The number of hydrogen-bond donors (Lipinski definition) is 1. The molecule has 88 valence electrons. The van der Waals surface area contributed by atoms with Gasteiger partial charge in [-0.15, -0.1) is 0 Å². The fourth-order valence-corrected chi connectivity index (χ4v) is 2.07. The van der Waals surface area contributed by atoms with E-state index in [1.54, 1.807) is 18.3 Å². The van der Waals surface area contributed by atoms with Crippen LogP contribution in [0.5, 0.6) is 0 Å². The fourth-order valence-electron chi connectivity index (χ4n) is 1.36. The van der Waals surface area contributed by atoms with Gasteiger partial charge in [-0.2, -0.15) is 0 Å². The van der Waals surface area contributed by atoms with Crippen LogP contribution in [0.25, 0.3) is 0 Å². The highest BCUT2D eigenvalue weighted by atomic mass is 79.9. The quantitative estimate of drug-likeness (QED) is 0.876. The molecule has 17 heavy (non-hydrogen) atoms. The van der Waals surface area contributed by atoms with Crippen molar-refractivity contribution in [3.05, 3.63) is 56.7 Å². The van der Waals surface area contributed by atoms with Crippen molar-refractivity contribution in [3.8, 4) is 0 Å². The van der Waals surface area contributed by atoms with Gasteiger partial charge in [-0.25, -0.2) is 0 Å². The first-order valence-electron chi connectivity index (χ1n) is 4.93. The molecule has 1 aromatic heterocycles. The van der Waals surface area contributed by atoms with E-state index in [1.165, 1.54) is 0 Å². The molecule has 0 spiro atoms. The molecule has 2 aromatic rings. The van der Waals surface area contributed by atoms with Crippen molar-refractivity contribution in [2.45, 2.75) is 6.54 Å². The lowest BCUT2D eigenvalue weighted by Crippen LogP contribution is -1.99. The van der Waals surface area contributed by atoms with Gasteiger partial charge in [0, 0.05) is 29.1 Å². The van der Waals surface area contributed by atoms with Gasteiger partial charge in [0.2, 0.25) is 0 Å². The van der Waals surface area contributed by atoms with Crippen molar-refractivity contribution < 1.29 is 0 Å². The molecule has 1 heterocycles. The summed E-state index contributed by atoms with van der Waals surface area (Å²) in [6.45, 7) is 0.685. The van der Waals surface area contributed by atoms with Gasteiger partial charge in [-0.05, 0) is 45.8 Å². The Hall–Kier alpha value is -0.770. The minimum absolute atomic E-state index is 0.545. The second-order valence-electron chi connectivity index (χ2n) is 3.49. The Kier molecular flexibility index (Phi) is 4.26. The standard InChI is InChI=1S/C12H9BrCl2N2/c13-9-3-8(5-16-7-9)6-17-10-1-2-11(14)12(15)4-10/h1-5,7,17H,6H2. The normalized spacial score (nSPS) is 10.3. The predicted octanol–water partition coefficient (Wildman–Crippen LogP) is 4.76. The average Bonchev–Trinajstić information content (AvgIpc) is 2.31. The van der Waals surface area contributed by atoms with E-state index in [-0.39, 0.29) is 0 Å². The van der Waals surface area contributed by atoms with Crippen LogP contribution in [-0.4, -0.2) is 4.98 Å². The molecule has 0 aliphatic rings. The molecule has 2 nitrogen and oxygen atoms in total. The zero-order chi connectivity index (χ0) is 12.3. The van der Waals surface area contributed by atoms with Crippen LogP contribution in [0.15, 0.2) is 41.1 Å². The number of rotatable bonds is 3. The van der Waals surface area contributed by atoms with Gasteiger partial charge in [0.1, 0.15) is 0 Å². The maximum atomic E-state index is 5.93. The molecule has 2 rings (SSSR count). The molecule has 0 unspecified atom stereocenters. The third-order valence-electron chi connectivity index (χ3n) is 2.18. The van der Waals surface area contributed by atoms with Crippen LogP contribution in [-0.2, 0) is 6.54 Å². The molecule has 0 aliphatic heterocycles. The number of nitrogens with one attached hydrogen (secondary N) is 1. The highest BCUT2D eigenvalue weighted by Gasteiger charge is 2.00. The van der Waals surface area contributed by atoms with Crippen LogP contribution in [0, 0.1) is 0 Å². The van der Waals surface area contributed by atoms with Gasteiger partial charge in [0.15, 0.2) is 0 Å². The summed E-state index contributed by atoms with van der Waals surface area (Å²) < 4.78 is 0.964. The first-order chi connectivity index (χ1) is 8.15. The Morgan fingerprint density at radius 1 is 1.12 bits per heavy atom. The van der Waals surface area contributed by atoms with Crippen LogP contribution < -0.4 is 5.32 Å². The van der Waals surface area contributed by atoms with Crippen molar-refractivity contribution in [1.29, 1.82) is 0 Å². The topological polar surface area (TPSA) is 24.9 Å². The first kappa shape index (κ1) is 12.7. The molecule has 0 atom stereocenters. The van der Waals surface area contributed by atoms with E-state index in [0.717, 1.165) is 15.7 Å². The highest BCUT2D eigenvalue weighted by molar-refractivity contribution is 9.10. The number of pyridine rings is 1. The summed E-state index contributed by atoms with van der Waals surface area (Å²) in [5, 5.41) is 4.35. The second-order valence-corrected chi connectivity index (χ2v) is 5.22. The number of hydrogen-bond acceptors (Lipinski definition) is 2. The van der Waals surface area contributed by atoms with E-state index in [0.29, 0.717) is 16.6 Å². The summed E-state index contributed by atoms with van der Waals surface area (Å²) in [5.41, 5.74) is 2.02. The van der Waals surface area contributed by atoms with Crippen molar-refractivity contribution in [3.63, 3.8) is 0 Å². The molecule has 0 saturated carbocycles. The molecule has 1 aromatic carbocycles. The number of anilines is 1. The van der Waals surface area contributed by atoms with Crippen LogP contribution in [0.4, 0.5) is 5.69 Å². The summed E-state index contributed by atoms with van der Waals surface area (Å²) >= 11 is 15.2. The lowest BCUT2D eigenvalue weighted by Gasteiger charge is -2.07. The average molecular weight is 332 g/mol. The number of aromatic nitrogens is 1. The Morgan fingerprint density at radius 3 is 2.65 bits per heavy atom. The highest BCUT2D eigenvalue weighted by Crippen LogP contribution is 2.25. The molecule has 0 bridgehead atoms. The van der Waals surface area contributed by atoms with E-state index >= 15 is 0 Å². The zero-order valence-corrected chi connectivity index (χ0v) is 11.9. The van der Waals surface area contributed by atoms with Gasteiger partial charge in [-0.1, -0.05) is 23.2 Å². The van der Waals surface area contributed by atoms with E-state index in [9.17, 15) is 0 Å². The number of benzene rings is 1. The minimum atomic E-state index is 0.545. The smallest absolute Gasteiger partial charge is 0.0612 e. The Balaban J connectivity index is 2.05. The minimum Gasteiger partial charge on any atom is -0.381 e. The van der Waals surface area contributed by atoms with Crippen molar-refractivity contribution >= 4 is 44.8 Å². The second kappa shape index (κ2) is 5.71. The van der Waals surface area contributed by atoms with Crippen LogP contribution in [0.3, 0.4) is 0 Å². The Bertz CT molecular complexity index is 532. The molecule has 0 amide bonds.